The fraction of sp³-hybridized carbons (Fsp3) is 0.223. The Hall–Kier alpha value is -14.9. The lowest BCUT2D eigenvalue weighted by molar-refractivity contribution is 0.0489. The number of nitriles is 1. The number of hydrogen-bond donors (Lipinski definition) is 15. The van der Waals surface area contributed by atoms with E-state index in [0.717, 1.165) is 206 Å². The number of nitrogens with zero attached hydrogens (tertiary/aromatic N) is 1. The van der Waals surface area contributed by atoms with Crippen LogP contribution in [-0.4, -0.2) is 139 Å². The molecule has 0 saturated carbocycles. The van der Waals surface area contributed by atoms with Crippen molar-refractivity contribution < 1.29 is 53.6 Å². The first kappa shape index (κ1) is 85.2. The lowest BCUT2D eigenvalue weighted by Gasteiger charge is -2.10. The average molecular weight is 1730 g/mol. The number of rotatable bonds is 15. The van der Waals surface area contributed by atoms with Crippen LogP contribution >= 0.6 is 11.6 Å². The second kappa shape index (κ2) is 38.3. The van der Waals surface area contributed by atoms with Crippen LogP contribution in [0.25, 0.3) is 110 Å². The zero-order valence-electron chi connectivity index (χ0n) is 70.6. The summed E-state index contributed by atoms with van der Waals surface area (Å²) < 4.78 is 5.46. The number of aryl methyl sites for hydroxylation is 1. The second-order valence-corrected chi connectivity index (χ2v) is 32.8. The number of phenols is 2. The van der Waals surface area contributed by atoms with E-state index >= 15 is 0 Å². The predicted molar refractivity (Wildman–Crippen MR) is 500 cm³/mol. The van der Waals surface area contributed by atoms with Crippen LogP contribution in [0.5, 0.6) is 11.5 Å². The van der Waals surface area contributed by atoms with Gasteiger partial charge in [0.15, 0.2) is 0 Å². The second-order valence-electron chi connectivity index (χ2n) is 32.3. The number of amides is 6. The topological polar surface area (TPSA) is 380 Å². The molecule has 6 aromatic heterocycles. The fourth-order valence-electron chi connectivity index (χ4n) is 18.4. The first-order valence-electron chi connectivity index (χ1n) is 43.7. The van der Waals surface area contributed by atoms with Crippen molar-refractivity contribution in [3.8, 4) is 62.6 Å². The maximum atomic E-state index is 12.5. The van der Waals surface area contributed by atoms with Gasteiger partial charge in [0.2, 0.25) is 0 Å². The van der Waals surface area contributed by atoms with Crippen LogP contribution in [0, 0.1) is 11.3 Å². The predicted octanol–water partition coefficient (Wildman–Crippen LogP) is 17.8. The number of H-pyrrole nitrogens is 6. The van der Waals surface area contributed by atoms with Gasteiger partial charge in [0.1, 0.15) is 29.0 Å². The SMILES string of the molecule is CCCCCCCCOC(=O)c1[nH]c2cccc3c2c1CCNC3=O.N#Cc1[nH]c2cccc3c2c1CCNC3=O.O=C1NCCc2c(-c3ccc(Cl)cc3)[nH]c3cccc1c23.O=C1NCCc2c(-c3ccc(O)cc3)[nH]c3cccc1c23.O=C1NCCc2c(-c3ccccc3CCCO)[nH]c3cccc1c23.O=C1NCCc2c(-c3ccccc3O)[nH]c3cccc1c23. The van der Waals surface area contributed by atoms with Gasteiger partial charge in [-0.25, -0.2) is 4.79 Å². The monoisotopic (exact) mass is 1730 g/mol. The number of esters is 1. The van der Waals surface area contributed by atoms with Crippen molar-refractivity contribution in [2.24, 2.45) is 0 Å². The number of benzene rings is 10. The number of aliphatic hydroxyl groups excluding tert-OH is 1. The van der Waals surface area contributed by atoms with Gasteiger partial charge < -0.3 is 81.9 Å². The van der Waals surface area contributed by atoms with E-state index in [2.05, 4.69) is 86.9 Å². The number of phenolic OH excluding ortho intramolecular Hbond substituents is 2. The third-order valence-corrected chi connectivity index (χ3v) is 24.6. The first-order chi connectivity index (χ1) is 62.5. The number of carbonyl (C=O) groups excluding carboxylic acids is 7. The third kappa shape index (κ3) is 17.4. The zero-order chi connectivity index (χ0) is 88.5. The van der Waals surface area contributed by atoms with Crippen LogP contribution in [0.3, 0.4) is 0 Å². The van der Waals surface area contributed by atoms with Crippen LogP contribution in [0.2, 0.25) is 5.02 Å². The van der Waals surface area contributed by atoms with Gasteiger partial charge in [0.25, 0.3) is 35.4 Å². The van der Waals surface area contributed by atoms with E-state index in [1.807, 2.05) is 158 Å². The van der Waals surface area contributed by atoms with Crippen molar-refractivity contribution in [1.82, 2.24) is 61.8 Å². The highest BCUT2D eigenvalue weighted by Gasteiger charge is 2.30. The molecule has 0 atom stereocenters. The first-order valence-corrected chi connectivity index (χ1v) is 44.0. The molecular weight excluding hydrogens is 1630 g/mol. The summed E-state index contributed by atoms with van der Waals surface area (Å²) in [6.07, 6.45) is 13.0. The lowest BCUT2D eigenvalue weighted by atomic mass is 9.95. The molecule has 22 rings (SSSR count). The van der Waals surface area contributed by atoms with Crippen molar-refractivity contribution in [3.05, 3.63) is 295 Å². The van der Waals surface area contributed by atoms with Crippen molar-refractivity contribution in [3.63, 3.8) is 0 Å². The molecule has 16 aromatic rings. The summed E-state index contributed by atoms with van der Waals surface area (Å²) in [7, 11) is 0. The van der Waals surface area contributed by atoms with Crippen molar-refractivity contribution in [2.45, 2.75) is 96.8 Å². The van der Waals surface area contributed by atoms with Crippen LogP contribution in [-0.2, 0) is 49.7 Å². The van der Waals surface area contributed by atoms with Gasteiger partial charge >= 0.3 is 5.97 Å². The number of ether oxygens (including phenoxy) is 1. The Labute approximate surface area is 741 Å². The number of aromatic hydroxyl groups is 2. The van der Waals surface area contributed by atoms with E-state index in [4.69, 9.17) is 26.7 Å². The molecule has 15 N–H and O–H groups in total. The van der Waals surface area contributed by atoms with E-state index in [1.165, 1.54) is 42.4 Å². The Morgan fingerprint density at radius 1 is 0.367 bits per heavy atom. The average Bonchev–Trinajstić information content (AvgIpc) is 1.62. The molecule has 24 nitrogen and oxygen atoms in total. The van der Waals surface area contributed by atoms with E-state index in [9.17, 15) is 43.8 Å². The molecule has 0 bridgehead atoms. The molecule has 0 aliphatic carbocycles. The Kier molecular flexibility index (Phi) is 25.5. The van der Waals surface area contributed by atoms with Gasteiger partial charge in [-0.1, -0.05) is 136 Å². The smallest absolute Gasteiger partial charge is 0.355 e. The molecule has 25 heteroatoms. The summed E-state index contributed by atoms with van der Waals surface area (Å²) in [5.74, 6) is -0.0378. The molecule has 6 amide bonds. The fourth-order valence-corrected chi connectivity index (χ4v) is 18.6. The largest absolute Gasteiger partial charge is 0.508 e. The summed E-state index contributed by atoms with van der Waals surface area (Å²) in [6, 6.07) is 66.7. The molecule has 12 heterocycles. The number of aromatic nitrogens is 6. The zero-order valence-corrected chi connectivity index (χ0v) is 71.4. The van der Waals surface area contributed by atoms with Gasteiger partial charge in [0.05, 0.1) is 18.0 Å². The summed E-state index contributed by atoms with van der Waals surface area (Å²) in [5.41, 5.74) is 26.7. The molecule has 6 aliphatic heterocycles. The number of hydrogen-bond acceptors (Lipinski definition) is 12. The number of nitrogens with one attached hydrogen (secondary N) is 12. The van der Waals surface area contributed by atoms with E-state index in [0.29, 0.717) is 86.8 Å². The highest BCUT2D eigenvalue weighted by atomic mass is 35.5. The van der Waals surface area contributed by atoms with Crippen LogP contribution in [0.15, 0.2) is 206 Å². The Morgan fingerprint density at radius 2 is 0.711 bits per heavy atom. The van der Waals surface area contributed by atoms with Gasteiger partial charge in [-0.05, 0) is 229 Å². The minimum absolute atomic E-state index is 0.000932. The normalized spacial score (nSPS) is 13.9. The van der Waals surface area contributed by atoms with Gasteiger partial charge in [-0.15, -0.1) is 0 Å². The van der Waals surface area contributed by atoms with Crippen molar-refractivity contribution in [2.75, 3.05) is 52.5 Å². The molecule has 0 fully saturated rings. The number of aromatic amines is 6. The Bertz CT molecular complexity index is 6870. The van der Waals surface area contributed by atoms with E-state index in [1.54, 1.807) is 36.4 Å². The van der Waals surface area contributed by atoms with Gasteiger partial charge in [-0.2, -0.15) is 5.26 Å². The molecule has 0 radical (unpaired) electrons. The quantitative estimate of drug-likeness (QED) is 0.0336. The summed E-state index contributed by atoms with van der Waals surface area (Å²) in [5, 5.41) is 61.8. The van der Waals surface area contributed by atoms with Crippen LogP contribution in [0.4, 0.5) is 0 Å². The van der Waals surface area contributed by atoms with Crippen LogP contribution < -0.4 is 31.9 Å². The summed E-state index contributed by atoms with van der Waals surface area (Å²) >= 11 is 5.97. The van der Waals surface area contributed by atoms with E-state index < -0.39 is 0 Å². The molecule has 0 saturated heterocycles. The van der Waals surface area contributed by atoms with Gasteiger partial charge in [-0.3, -0.25) is 28.8 Å². The maximum Gasteiger partial charge on any atom is 0.355 e. The van der Waals surface area contributed by atoms with Crippen molar-refractivity contribution in [1.29, 1.82) is 5.26 Å². The number of halogens is 1. The highest BCUT2D eigenvalue weighted by molar-refractivity contribution is 6.30. The molecule has 6 aliphatic rings. The summed E-state index contributed by atoms with van der Waals surface area (Å²) in [4.78, 5) is 105. The Morgan fingerprint density at radius 3 is 1.15 bits per heavy atom. The molecule has 10 aromatic carbocycles. The number of para-hydroxylation sites is 1. The van der Waals surface area contributed by atoms with Gasteiger partial charge in [0, 0.05) is 172 Å². The molecule has 646 valence electrons. The molecule has 0 unspecified atom stereocenters. The highest BCUT2D eigenvalue weighted by Crippen LogP contribution is 2.42. The lowest BCUT2D eigenvalue weighted by Crippen LogP contribution is -2.23. The van der Waals surface area contributed by atoms with Crippen LogP contribution in [0.1, 0.15) is 169 Å². The molecule has 0 spiro atoms. The minimum Gasteiger partial charge on any atom is -0.508 e. The maximum absolute atomic E-state index is 12.5. The molecule has 128 heavy (non-hydrogen) atoms. The van der Waals surface area contributed by atoms with E-state index in [-0.39, 0.29) is 59.5 Å². The third-order valence-electron chi connectivity index (χ3n) is 24.4. The van der Waals surface area contributed by atoms with Crippen molar-refractivity contribution >= 4 is 118 Å². The summed E-state index contributed by atoms with van der Waals surface area (Å²) in [6.45, 7) is 6.47. The minimum atomic E-state index is -0.319. The Balaban J connectivity index is 0.000000108. The molecular formula is C103H96ClN13O11. The standard InChI is InChI=1S/C20H26N2O3.C20H20N2O2.C17H13ClN2O.2C17H14N2O2.C12H9N3O/c1-2-3-4-5-6-7-13-25-20(24)18-14-11-12-21-19(23)15-9-8-10-16(22-18)17(14)15;23-12-4-6-13-5-1-2-7-14(13)19-15-10-11-21-20(24)16-8-3-9-17(22-19)18(15)16;18-11-6-4-10(5-7-11)16-12-8-9-19-17(21)13-2-1-3-14(20-16)15(12)13;20-14-7-2-1-4-10(14)16-11-8-9-18-17(21)12-5-3-6-13(19-16)15(11)12;20-11-6-4-10(5-7-11)16-12-8-9-18-17(21)13-2-1-3-14(19-16)15(12)13;13-6-10-7-4-5-14-12(16)8-2-1-3-9(15-10)11(7)8/h8-10,22H,2-7,11-13H2,1H3,(H,21,23);1-3,5,7-9,22-23H,4,6,10-12H2,(H,21,24);1-7,20H,8-9H2,(H,19,21);2*1-7,19-20H,8-9H2,(H,18,21);1-3,15H,4-5H2,(H,14,16). The number of unbranched alkanes of at least 4 members (excludes halogenated alkanes) is 5. The number of carbonyl (C=O) groups is 7. The number of aliphatic hydroxyl groups is 1.